The fourth-order valence-corrected chi connectivity index (χ4v) is 2.26. The lowest BCUT2D eigenvalue weighted by Crippen LogP contribution is -2.15. The van der Waals surface area contributed by atoms with Crippen molar-refractivity contribution in [2.45, 2.75) is 20.3 Å². The van der Waals surface area contributed by atoms with Gasteiger partial charge in [-0.25, -0.2) is 8.42 Å². The van der Waals surface area contributed by atoms with Crippen molar-refractivity contribution < 1.29 is 8.42 Å². The SMILES string of the molecule is CCCS(=O)(=O)Nc1ccc(C)cc1. The molecule has 0 saturated carbocycles. The van der Waals surface area contributed by atoms with Crippen molar-refractivity contribution in [3.05, 3.63) is 29.8 Å². The molecule has 0 aliphatic carbocycles. The zero-order chi connectivity index (χ0) is 10.6. The molecule has 0 radical (unpaired) electrons. The van der Waals surface area contributed by atoms with Crippen LogP contribution in [0.4, 0.5) is 5.69 Å². The number of sulfonamides is 1. The van der Waals surface area contributed by atoms with Gasteiger partial charge in [-0.05, 0) is 25.5 Å². The van der Waals surface area contributed by atoms with Crippen molar-refractivity contribution in [3.8, 4) is 0 Å². The molecule has 0 spiro atoms. The van der Waals surface area contributed by atoms with E-state index in [-0.39, 0.29) is 5.75 Å². The van der Waals surface area contributed by atoms with Crippen LogP contribution in [0.3, 0.4) is 0 Å². The summed E-state index contributed by atoms with van der Waals surface area (Å²) in [6.45, 7) is 3.80. The van der Waals surface area contributed by atoms with E-state index < -0.39 is 10.0 Å². The van der Waals surface area contributed by atoms with Gasteiger partial charge in [0.15, 0.2) is 0 Å². The van der Waals surface area contributed by atoms with Crippen LogP contribution in [-0.4, -0.2) is 14.2 Å². The summed E-state index contributed by atoms with van der Waals surface area (Å²) in [6.07, 6.45) is 0.626. The Morgan fingerprint density at radius 2 is 1.79 bits per heavy atom. The van der Waals surface area contributed by atoms with Gasteiger partial charge >= 0.3 is 0 Å². The average Bonchev–Trinajstić information content (AvgIpc) is 2.08. The first-order valence-electron chi connectivity index (χ1n) is 4.60. The normalized spacial score (nSPS) is 11.3. The van der Waals surface area contributed by atoms with Crippen molar-refractivity contribution in [3.63, 3.8) is 0 Å². The summed E-state index contributed by atoms with van der Waals surface area (Å²) in [5.41, 5.74) is 1.74. The Morgan fingerprint density at radius 1 is 1.21 bits per heavy atom. The van der Waals surface area contributed by atoms with Gasteiger partial charge in [-0.2, -0.15) is 0 Å². The summed E-state index contributed by atoms with van der Waals surface area (Å²) < 4.78 is 25.3. The second-order valence-electron chi connectivity index (χ2n) is 3.29. The van der Waals surface area contributed by atoms with Gasteiger partial charge in [-0.3, -0.25) is 4.72 Å². The van der Waals surface area contributed by atoms with Gasteiger partial charge in [0.2, 0.25) is 10.0 Å². The first-order chi connectivity index (χ1) is 6.53. The molecule has 78 valence electrons. The maximum atomic E-state index is 11.4. The van der Waals surface area contributed by atoms with Crippen LogP contribution in [0.1, 0.15) is 18.9 Å². The molecule has 3 nitrogen and oxygen atoms in total. The van der Waals surface area contributed by atoms with Crippen LogP contribution in [-0.2, 0) is 10.0 Å². The predicted octanol–water partition coefficient (Wildman–Crippen LogP) is 2.15. The second-order valence-corrected chi connectivity index (χ2v) is 5.13. The van der Waals surface area contributed by atoms with E-state index in [1.54, 1.807) is 12.1 Å². The smallest absolute Gasteiger partial charge is 0.232 e. The fourth-order valence-electron chi connectivity index (χ4n) is 1.12. The monoisotopic (exact) mass is 213 g/mol. The molecule has 1 N–H and O–H groups in total. The first kappa shape index (κ1) is 11.0. The lowest BCUT2D eigenvalue weighted by Gasteiger charge is -2.06. The molecule has 14 heavy (non-hydrogen) atoms. The molecule has 0 amide bonds. The zero-order valence-corrected chi connectivity index (χ0v) is 9.26. The summed E-state index contributed by atoms with van der Waals surface area (Å²) in [5, 5.41) is 0. The largest absolute Gasteiger partial charge is 0.284 e. The number of anilines is 1. The van der Waals surface area contributed by atoms with Gasteiger partial charge in [0.1, 0.15) is 0 Å². The van der Waals surface area contributed by atoms with E-state index in [9.17, 15) is 8.42 Å². The van der Waals surface area contributed by atoms with Gasteiger partial charge in [0.25, 0.3) is 0 Å². The number of aryl methyl sites for hydroxylation is 1. The van der Waals surface area contributed by atoms with Crippen LogP contribution in [0, 0.1) is 6.92 Å². The molecule has 0 aliphatic rings. The molecule has 0 unspecified atom stereocenters. The topological polar surface area (TPSA) is 46.2 Å². The van der Waals surface area contributed by atoms with Gasteiger partial charge in [-0.1, -0.05) is 24.6 Å². The maximum absolute atomic E-state index is 11.4. The third-order valence-electron chi connectivity index (χ3n) is 1.80. The van der Waals surface area contributed by atoms with E-state index in [1.807, 2.05) is 26.0 Å². The molecule has 1 rings (SSSR count). The Kier molecular flexibility index (Phi) is 3.52. The van der Waals surface area contributed by atoms with Crippen LogP contribution >= 0.6 is 0 Å². The molecule has 0 heterocycles. The van der Waals surface area contributed by atoms with Crippen molar-refractivity contribution >= 4 is 15.7 Å². The minimum Gasteiger partial charge on any atom is -0.284 e. The zero-order valence-electron chi connectivity index (χ0n) is 8.45. The van der Waals surface area contributed by atoms with Crippen molar-refractivity contribution in [1.82, 2.24) is 0 Å². The Morgan fingerprint density at radius 3 is 2.29 bits per heavy atom. The minimum absolute atomic E-state index is 0.168. The van der Waals surface area contributed by atoms with Gasteiger partial charge in [0.05, 0.1) is 5.75 Å². The molecule has 4 heteroatoms. The molecule has 0 atom stereocenters. The number of nitrogens with one attached hydrogen (secondary N) is 1. The predicted molar refractivity (Wildman–Crippen MR) is 58.9 cm³/mol. The number of benzene rings is 1. The highest BCUT2D eigenvalue weighted by Crippen LogP contribution is 2.10. The molecule has 0 saturated heterocycles. The van der Waals surface area contributed by atoms with E-state index in [0.29, 0.717) is 12.1 Å². The lowest BCUT2D eigenvalue weighted by molar-refractivity contribution is 0.600. The molecule has 0 fully saturated rings. The maximum Gasteiger partial charge on any atom is 0.232 e. The molecule has 1 aromatic rings. The van der Waals surface area contributed by atoms with E-state index in [0.717, 1.165) is 5.56 Å². The molecular formula is C10H15NO2S. The summed E-state index contributed by atoms with van der Waals surface area (Å²) in [7, 11) is -3.15. The van der Waals surface area contributed by atoms with Crippen LogP contribution in [0.5, 0.6) is 0 Å². The number of rotatable bonds is 4. The molecular weight excluding hydrogens is 198 g/mol. The fraction of sp³-hybridized carbons (Fsp3) is 0.400. The van der Waals surface area contributed by atoms with Crippen LogP contribution in [0.2, 0.25) is 0 Å². The third-order valence-corrected chi connectivity index (χ3v) is 3.29. The van der Waals surface area contributed by atoms with Gasteiger partial charge in [-0.15, -0.1) is 0 Å². The van der Waals surface area contributed by atoms with Crippen molar-refractivity contribution in [2.75, 3.05) is 10.5 Å². The van der Waals surface area contributed by atoms with Crippen LogP contribution in [0.15, 0.2) is 24.3 Å². The summed E-state index contributed by atoms with van der Waals surface area (Å²) in [4.78, 5) is 0. The summed E-state index contributed by atoms with van der Waals surface area (Å²) in [6, 6.07) is 7.29. The van der Waals surface area contributed by atoms with Crippen molar-refractivity contribution in [1.29, 1.82) is 0 Å². The Hall–Kier alpha value is -1.03. The third kappa shape index (κ3) is 3.38. The molecule has 0 bridgehead atoms. The van der Waals surface area contributed by atoms with E-state index in [4.69, 9.17) is 0 Å². The Balaban J connectivity index is 2.74. The summed E-state index contributed by atoms with van der Waals surface area (Å²) >= 11 is 0. The summed E-state index contributed by atoms with van der Waals surface area (Å²) in [5.74, 6) is 0.168. The molecule has 0 aromatic heterocycles. The molecule has 1 aromatic carbocycles. The number of hydrogen-bond donors (Lipinski definition) is 1. The highest BCUT2D eigenvalue weighted by Gasteiger charge is 2.07. The van der Waals surface area contributed by atoms with Crippen molar-refractivity contribution in [2.24, 2.45) is 0 Å². The lowest BCUT2D eigenvalue weighted by atomic mass is 10.2. The van der Waals surface area contributed by atoms with E-state index >= 15 is 0 Å². The first-order valence-corrected chi connectivity index (χ1v) is 6.26. The average molecular weight is 213 g/mol. The van der Waals surface area contributed by atoms with Gasteiger partial charge < -0.3 is 0 Å². The van der Waals surface area contributed by atoms with Crippen LogP contribution < -0.4 is 4.72 Å². The quantitative estimate of drug-likeness (QED) is 0.833. The van der Waals surface area contributed by atoms with E-state index in [2.05, 4.69) is 4.72 Å². The van der Waals surface area contributed by atoms with E-state index in [1.165, 1.54) is 0 Å². The highest BCUT2D eigenvalue weighted by molar-refractivity contribution is 7.92. The van der Waals surface area contributed by atoms with Gasteiger partial charge in [0, 0.05) is 5.69 Å². The molecule has 0 aliphatic heterocycles. The standard InChI is InChI=1S/C10H15NO2S/c1-3-8-14(12,13)11-10-6-4-9(2)5-7-10/h4-7,11H,3,8H2,1-2H3. The second kappa shape index (κ2) is 4.46. The van der Waals surface area contributed by atoms with Crippen LogP contribution in [0.25, 0.3) is 0 Å². The number of hydrogen-bond acceptors (Lipinski definition) is 2. The Labute approximate surface area is 85.2 Å². The Bertz CT molecular complexity index is 381. The minimum atomic E-state index is -3.15. The highest BCUT2D eigenvalue weighted by atomic mass is 32.2.